The first-order valence-electron chi connectivity index (χ1n) is 8.92. The Hall–Kier alpha value is -1.08. The minimum absolute atomic E-state index is 0.0506. The van der Waals surface area contributed by atoms with Crippen LogP contribution in [0, 0.1) is 13.8 Å². The number of nitrogens with zero attached hydrogens (tertiary/aromatic N) is 2. The van der Waals surface area contributed by atoms with Crippen molar-refractivity contribution in [3.63, 3.8) is 0 Å². The van der Waals surface area contributed by atoms with E-state index in [1.54, 1.807) is 7.11 Å². The second kappa shape index (κ2) is 9.57. The molecule has 1 amide bonds. The Bertz CT molecular complexity index is 582. The van der Waals surface area contributed by atoms with Crippen molar-refractivity contribution in [3.05, 3.63) is 34.9 Å². The summed E-state index contributed by atoms with van der Waals surface area (Å²) in [5.74, 6) is 0.792. The van der Waals surface area contributed by atoms with Crippen LogP contribution in [0.3, 0.4) is 0 Å². The van der Waals surface area contributed by atoms with Crippen molar-refractivity contribution in [2.75, 3.05) is 45.6 Å². The van der Waals surface area contributed by atoms with E-state index in [9.17, 15) is 4.79 Å². The van der Waals surface area contributed by atoms with Gasteiger partial charge in [0.25, 0.3) is 5.91 Å². The highest BCUT2D eigenvalue weighted by atomic mass is 32.1. The number of hydrogen-bond donors (Lipinski definition) is 2. The molecular weight excluding hydrogens is 334 g/mol. The monoisotopic (exact) mass is 365 g/mol. The van der Waals surface area contributed by atoms with E-state index in [1.807, 2.05) is 36.9 Å². The fourth-order valence-corrected chi connectivity index (χ4v) is 3.47. The third-order valence-corrected chi connectivity index (χ3v) is 5.55. The highest BCUT2D eigenvalue weighted by Gasteiger charge is 2.30. The van der Waals surface area contributed by atoms with E-state index in [4.69, 9.17) is 10.5 Å². The molecule has 140 valence electrons. The molecule has 0 radical (unpaired) electrons. The predicted octanol–water partition coefficient (Wildman–Crippen LogP) is 1.72. The van der Waals surface area contributed by atoms with Gasteiger partial charge in [0.05, 0.1) is 0 Å². The summed E-state index contributed by atoms with van der Waals surface area (Å²) < 4.78 is 5.26. The fraction of sp³-hybridized carbons (Fsp3) is 0.632. The minimum atomic E-state index is 0.0506. The Morgan fingerprint density at radius 3 is 2.84 bits per heavy atom. The van der Waals surface area contributed by atoms with Crippen LogP contribution in [-0.4, -0.2) is 73.4 Å². The highest BCUT2D eigenvalue weighted by Crippen LogP contribution is 2.19. The van der Waals surface area contributed by atoms with Crippen LogP contribution in [0.1, 0.15) is 27.9 Å². The molecule has 0 aromatic heterocycles. The van der Waals surface area contributed by atoms with Gasteiger partial charge in [-0.3, -0.25) is 9.69 Å². The summed E-state index contributed by atoms with van der Waals surface area (Å²) in [5.41, 5.74) is 9.12. The zero-order valence-electron chi connectivity index (χ0n) is 15.6. The standard InChI is InChI=1S/C19H31N3O2S/c1-14-5-4-6-18(15(14)2)19(23)22-9-8-21(11-16(20)13-25)17(12-22)7-10-24-3/h4-6,16-17,25H,7-13,20H2,1-3H3. The molecule has 0 spiro atoms. The maximum Gasteiger partial charge on any atom is 0.254 e. The van der Waals surface area contributed by atoms with Gasteiger partial charge in [0.1, 0.15) is 0 Å². The first kappa shape index (κ1) is 20.2. The molecule has 5 nitrogen and oxygen atoms in total. The molecule has 2 rings (SSSR count). The first-order valence-corrected chi connectivity index (χ1v) is 9.56. The maximum absolute atomic E-state index is 13.0. The third kappa shape index (κ3) is 5.20. The summed E-state index contributed by atoms with van der Waals surface area (Å²) in [7, 11) is 1.71. The van der Waals surface area contributed by atoms with Gasteiger partial charge in [-0.15, -0.1) is 0 Å². The van der Waals surface area contributed by atoms with Gasteiger partial charge in [-0.1, -0.05) is 12.1 Å². The van der Waals surface area contributed by atoms with Gasteiger partial charge in [-0.05, 0) is 37.5 Å². The van der Waals surface area contributed by atoms with E-state index in [-0.39, 0.29) is 18.0 Å². The maximum atomic E-state index is 13.0. The van der Waals surface area contributed by atoms with Crippen LogP contribution in [0.15, 0.2) is 18.2 Å². The summed E-state index contributed by atoms with van der Waals surface area (Å²) in [6, 6.07) is 6.26. The van der Waals surface area contributed by atoms with Gasteiger partial charge >= 0.3 is 0 Å². The molecule has 2 N–H and O–H groups in total. The Balaban J connectivity index is 2.10. The third-order valence-electron chi connectivity index (χ3n) is 5.09. The van der Waals surface area contributed by atoms with Gasteiger partial charge in [0.2, 0.25) is 0 Å². The molecule has 1 fully saturated rings. The van der Waals surface area contributed by atoms with E-state index >= 15 is 0 Å². The Morgan fingerprint density at radius 2 is 2.16 bits per heavy atom. The number of carbonyl (C=O) groups is 1. The van der Waals surface area contributed by atoms with Crippen LogP contribution in [0.25, 0.3) is 0 Å². The molecule has 1 saturated heterocycles. The van der Waals surface area contributed by atoms with Crippen molar-refractivity contribution in [2.24, 2.45) is 5.73 Å². The molecule has 1 aromatic carbocycles. The van der Waals surface area contributed by atoms with Crippen molar-refractivity contribution >= 4 is 18.5 Å². The number of rotatable bonds is 7. The summed E-state index contributed by atoms with van der Waals surface area (Å²) in [6.45, 7) is 7.85. The van der Waals surface area contributed by atoms with Crippen molar-refractivity contribution in [3.8, 4) is 0 Å². The number of hydrogen-bond acceptors (Lipinski definition) is 5. The molecule has 25 heavy (non-hydrogen) atoms. The van der Waals surface area contributed by atoms with E-state index in [0.717, 1.165) is 49.3 Å². The lowest BCUT2D eigenvalue weighted by molar-refractivity contribution is 0.0382. The average molecular weight is 366 g/mol. The second-order valence-corrected chi connectivity index (χ2v) is 7.24. The second-order valence-electron chi connectivity index (χ2n) is 6.87. The quantitative estimate of drug-likeness (QED) is 0.723. The lowest BCUT2D eigenvalue weighted by atomic mass is 10.0. The van der Waals surface area contributed by atoms with Crippen LogP contribution < -0.4 is 5.73 Å². The van der Waals surface area contributed by atoms with Crippen LogP contribution in [0.2, 0.25) is 0 Å². The minimum Gasteiger partial charge on any atom is -0.385 e. The van der Waals surface area contributed by atoms with Crippen LogP contribution in [0.4, 0.5) is 0 Å². The first-order chi connectivity index (χ1) is 12.0. The van der Waals surface area contributed by atoms with Gasteiger partial charge in [-0.2, -0.15) is 12.6 Å². The molecule has 0 bridgehead atoms. The number of piperazine rings is 1. The van der Waals surface area contributed by atoms with E-state index in [0.29, 0.717) is 12.4 Å². The Kier molecular flexibility index (Phi) is 7.75. The van der Waals surface area contributed by atoms with Gasteiger partial charge in [0, 0.05) is 63.3 Å². The summed E-state index contributed by atoms with van der Waals surface area (Å²) in [6.07, 6.45) is 0.895. The van der Waals surface area contributed by atoms with Gasteiger partial charge < -0.3 is 15.4 Å². The molecule has 0 saturated carbocycles. The van der Waals surface area contributed by atoms with E-state index < -0.39 is 0 Å². The van der Waals surface area contributed by atoms with E-state index in [2.05, 4.69) is 17.5 Å². The number of carbonyl (C=O) groups excluding carboxylic acids is 1. The van der Waals surface area contributed by atoms with Crippen LogP contribution >= 0.6 is 12.6 Å². The Labute approximate surface area is 156 Å². The van der Waals surface area contributed by atoms with Crippen LogP contribution in [-0.2, 0) is 4.74 Å². The van der Waals surface area contributed by atoms with Crippen molar-refractivity contribution in [1.82, 2.24) is 9.80 Å². The zero-order valence-corrected chi connectivity index (χ0v) is 16.5. The molecule has 2 unspecified atom stereocenters. The summed E-state index contributed by atoms with van der Waals surface area (Å²) in [4.78, 5) is 17.4. The number of amides is 1. The predicted molar refractivity (Wildman–Crippen MR) is 106 cm³/mol. The molecule has 1 heterocycles. The Morgan fingerprint density at radius 1 is 1.40 bits per heavy atom. The molecule has 6 heteroatoms. The molecule has 1 aliphatic rings. The molecular formula is C19H31N3O2S. The fourth-order valence-electron chi connectivity index (χ4n) is 3.36. The van der Waals surface area contributed by atoms with E-state index in [1.165, 1.54) is 0 Å². The van der Waals surface area contributed by atoms with Crippen molar-refractivity contribution in [2.45, 2.75) is 32.4 Å². The lowest BCUT2D eigenvalue weighted by Crippen LogP contribution is -2.57. The topological polar surface area (TPSA) is 58.8 Å². The SMILES string of the molecule is COCCC1CN(C(=O)c2cccc(C)c2C)CCN1CC(N)CS. The molecule has 1 aliphatic heterocycles. The summed E-state index contributed by atoms with van der Waals surface area (Å²) in [5, 5.41) is 0. The number of methoxy groups -OCH3 is 1. The van der Waals surface area contributed by atoms with Crippen molar-refractivity contribution < 1.29 is 9.53 Å². The summed E-state index contributed by atoms with van der Waals surface area (Å²) >= 11 is 4.29. The smallest absolute Gasteiger partial charge is 0.254 e. The molecule has 0 aliphatic carbocycles. The zero-order chi connectivity index (χ0) is 18.4. The number of nitrogens with two attached hydrogens (primary N) is 1. The number of benzene rings is 1. The van der Waals surface area contributed by atoms with Crippen LogP contribution in [0.5, 0.6) is 0 Å². The average Bonchev–Trinajstić information content (AvgIpc) is 2.62. The molecule has 1 aromatic rings. The highest BCUT2D eigenvalue weighted by molar-refractivity contribution is 7.80. The number of ether oxygens (including phenoxy) is 1. The number of thiol groups is 1. The van der Waals surface area contributed by atoms with Crippen molar-refractivity contribution in [1.29, 1.82) is 0 Å². The largest absolute Gasteiger partial charge is 0.385 e. The number of aryl methyl sites for hydroxylation is 1. The van der Waals surface area contributed by atoms with Gasteiger partial charge in [0.15, 0.2) is 0 Å². The normalized spacial score (nSPS) is 19.9. The molecule has 2 atom stereocenters. The lowest BCUT2D eigenvalue weighted by Gasteiger charge is -2.42. The van der Waals surface area contributed by atoms with Gasteiger partial charge in [-0.25, -0.2) is 0 Å².